The van der Waals surface area contributed by atoms with Crippen molar-refractivity contribution in [2.45, 2.75) is 58.2 Å². The predicted molar refractivity (Wildman–Crippen MR) is 111 cm³/mol. The molecular weight excluding hydrogens is 386 g/mol. The number of likely N-dealkylation sites (N-methyl/N-ethyl adjacent to an activating group) is 1. The Morgan fingerprint density at radius 3 is 2.63 bits per heavy atom. The largest absolute Gasteiger partial charge is 0.492 e. The summed E-state index contributed by atoms with van der Waals surface area (Å²) < 4.78 is 2.65. The zero-order valence-electron chi connectivity index (χ0n) is 17.5. The maximum Gasteiger partial charge on any atom is 0.270 e. The highest BCUT2D eigenvalue weighted by Gasteiger charge is 2.30. The lowest BCUT2D eigenvalue weighted by Crippen LogP contribution is -2.36. The monoisotopic (exact) mass is 413 g/mol. The van der Waals surface area contributed by atoms with Gasteiger partial charge in [-0.2, -0.15) is 9.61 Å². The molecule has 0 unspecified atom stereocenters. The zero-order valence-corrected chi connectivity index (χ0v) is 17.5. The lowest BCUT2D eigenvalue weighted by atomic mass is 10.2. The van der Waals surface area contributed by atoms with Crippen LogP contribution in [0.15, 0.2) is 17.1 Å². The number of nitrogens with one attached hydrogen (secondary N) is 1. The molecule has 0 bridgehead atoms. The average molecular weight is 413 g/mol. The van der Waals surface area contributed by atoms with Crippen molar-refractivity contribution in [1.82, 2.24) is 24.4 Å². The number of aromatic nitrogens is 3. The number of fused-ring (bicyclic) bond motifs is 1. The summed E-state index contributed by atoms with van der Waals surface area (Å²) >= 11 is 0. The molecule has 0 saturated heterocycles. The molecule has 2 amide bonds. The van der Waals surface area contributed by atoms with Crippen molar-refractivity contribution in [2.75, 3.05) is 7.05 Å². The molecule has 2 heterocycles. The Kier molecular flexibility index (Phi) is 5.13. The molecule has 2 saturated carbocycles. The maximum absolute atomic E-state index is 13.2. The maximum atomic E-state index is 13.2. The molecule has 0 atom stereocenters. The normalized spacial score (nSPS) is 16.5. The molecule has 0 aromatic carbocycles. The summed E-state index contributed by atoms with van der Waals surface area (Å²) in [4.78, 5) is 39.8. The molecule has 2 aromatic heterocycles. The summed E-state index contributed by atoms with van der Waals surface area (Å²) in [5.74, 6) is -1.09. The Balaban J connectivity index is 1.78. The average Bonchev–Trinajstić information content (AvgIpc) is 3.61. The van der Waals surface area contributed by atoms with Crippen LogP contribution < -0.4 is 10.9 Å². The molecule has 30 heavy (non-hydrogen) atoms. The Bertz CT molecular complexity index is 1090. The number of nitrogens with zero attached hydrogens (tertiary/aromatic N) is 4. The molecular formula is C21H27N5O4. The van der Waals surface area contributed by atoms with Crippen molar-refractivity contribution < 1.29 is 14.7 Å². The number of hydrogen-bond donors (Lipinski definition) is 2. The second-order valence-electron chi connectivity index (χ2n) is 8.60. The van der Waals surface area contributed by atoms with E-state index in [0.717, 1.165) is 25.7 Å². The second-order valence-corrected chi connectivity index (χ2v) is 8.60. The van der Waals surface area contributed by atoms with Crippen LogP contribution in [0.25, 0.3) is 11.7 Å². The van der Waals surface area contributed by atoms with Crippen molar-refractivity contribution in [2.24, 2.45) is 5.92 Å². The topological polar surface area (TPSA) is 109 Å². The highest BCUT2D eigenvalue weighted by Crippen LogP contribution is 2.26. The SMILES string of the molecule is CC(C)Cn1c(=O)c(C(=O)NC2CC2)c(O)n2ncc(C=CC(=O)N(C)C3CC3)c12. The molecule has 2 aromatic rings. The highest BCUT2D eigenvalue weighted by atomic mass is 16.3. The number of aromatic hydroxyl groups is 1. The summed E-state index contributed by atoms with van der Waals surface area (Å²) in [6, 6.07) is 0.345. The Labute approximate surface area is 174 Å². The van der Waals surface area contributed by atoms with Crippen molar-refractivity contribution in [3.8, 4) is 5.88 Å². The molecule has 0 aliphatic heterocycles. The summed E-state index contributed by atoms with van der Waals surface area (Å²) in [6.07, 6.45) is 8.30. The third kappa shape index (κ3) is 3.83. The quantitative estimate of drug-likeness (QED) is 0.667. The molecule has 0 radical (unpaired) electrons. The fourth-order valence-electron chi connectivity index (χ4n) is 3.47. The van der Waals surface area contributed by atoms with Crippen molar-refractivity contribution in [3.63, 3.8) is 0 Å². The van der Waals surface area contributed by atoms with Gasteiger partial charge in [0.05, 0.1) is 6.20 Å². The third-order valence-electron chi connectivity index (χ3n) is 5.45. The van der Waals surface area contributed by atoms with Crippen LogP contribution in [0.5, 0.6) is 5.88 Å². The number of amides is 2. The van der Waals surface area contributed by atoms with E-state index < -0.39 is 17.3 Å². The van der Waals surface area contributed by atoms with Crippen LogP contribution >= 0.6 is 0 Å². The summed E-state index contributed by atoms with van der Waals surface area (Å²) in [6.45, 7) is 4.26. The second kappa shape index (κ2) is 7.62. The molecule has 4 rings (SSSR count). The molecule has 9 heteroatoms. The first kappa shape index (κ1) is 20.2. The van der Waals surface area contributed by atoms with Gasteiger partial charge in [-0.25, -0.2) is 0 Å². The van der Waals surface area contributed by atoms with Crippen molar-refractivity contribution >= 4 is 23.5 Å². The molecule has 9 nitrogen and oxygen atoms in total. The molecule has 160 valence electrons. The highest BCUT2D eigenvalue weighted by molar-refractivity contribution is 5.97. The van der Waals surface area contributed by atoms with Gasteiger partial charge in [-0.1, -0.05) is 13.8 Å². The van der Waals surface area contributed by atoms with Crippen LogP contribution in [0.4, 0.5) is 0 Å². The van der Waals surface area contributed by atoms with E-state index in [2.05, 4.69) is 10.4 Å². The number of hydrogen-bond acceptors (Lipinski definition) is 5. The van der Waals surface area contributed by atoms with E-state index in [1.54, 1.807) is 18.0 Å². The minimum atomic E-state index is -0.590. The first-order valence-corrected chi connectivity index (χ1v) is 10.4. The van der Waals surface area contributed by atoms with E-state index in [9.17, 15) is 19.5 Å². The molecule has 2 fully saturated rings. The van der Waals surface area contributed by atoms with Gasteiger partial charge in [0, 0.05) is 37.3 Å². The lowest BCUT2D eigenvalue weighted by Gasteiger charge is -2.15. The van der Waals surface area contributed by atoms with Gasteiger partial charge in [-0.15, -0.1) is 0 Å². The minimum Gasteiger partial charge on any atom is -0.492 e. The van der Waals surface area contributed by atoms with Gasteiger partial charge in [0.15, 0.2) is 5.56 Å². The lowest BCUT2D eigenvalue weighted by molar-refractivity contribution is -0.125. The first-order chi connectivity index (χ1) is 14.3. The fourth-order valence-corrected chi connectivity index (χ4v) is 3.47. The Hall–Kier alpha value is -3.10. The van der Waals surface area contributed by atoms with Crippen LogP contribution in [-0.4, -0.2) is 55.1 Å². The number of carbonyl (C=O) groups excluding carboxylic acids is 2. The van der Waals surface area contributed by atoms with E-state index in [1.165, 1.54) is 21.4 Å². The van der Waals surface area contributed by atoms with Crippen molar-refractivity contribution in [3.05, 3.63) is 33.8 Å². The van der Waals surface area contributed by atoms with Crippen molar-refractivity contribution in [1.29, 1.82) is 0 Å². The van der Waals surface area contributed by atoms with Gasteiger partial charge in [0.2, 0.25) is 11.8 Å². The van der Waals surface area contributed by atoms with Gasteiger partial charge in [-0.05, 0) is 37.7 Å². The van der Waals surface area contributed by atoms with E-state index in [4.69, 9.17) is 0 Å². The molecule has 2 N–H and O–H groups in total. The van der Waals surface area contributed by atoms with Gasteiger partial charge < -0.3 is 15.3 Å². The van der Waals surface area contributed by atoms with E-state index in [1.807, 2.05) is 13.8 Å². The van der Waals surface area contributed by atoms with Crippen LogP contribution in [0.3, 0.4) is 0 Å². The smallest absolute Gasteiger partial charge is 0.270 e. The fraction of sp³-hybridized carbons (Fsp3) is 0.524. The van der Waals surface area contributed by atoms with Crippen LogP contribution in [-0.2, 0) is 11.3 Å². The Morgan fingerprint density at radius 2 is 2.03 bits per heavy atom. The standard InChI is InChI=1S/C21H27N5O4/c1-12(2)11-25-19-13(4-9-16(27)24(3)15-7-8-15)10-22-26(19)21(30)17(20(25)29)18(28)23-14-5-6-14/h4,9-10,12,14-15,30H,5-8,11H2,1-3H3,(H,23,28). The molecule has 0 spiro atoms. The molecule has 2 aliphatic rings. The van der Waals surface area contributed by atoms with E-state index >= 15 is 0 Å². The van der Waals surface area contributed by atoms with E-state index in [-0.39, 0.29) is 23.4 Å². The van der Waals surface area contributed by atoms with Crippen LogP contribution in [0.1, 0.15) is 55.5 Å². The summed E-state index contributed by atoms with van der Waals surface area (Å²) in [7, 11) is 1.77. The van der Waals surface area contributed by atoms with Crippen LogP contribution in [0, 0.1) is 5.92 Å². The summed E-state index contributed by atoms with van der Waals surface area (Å²) in [5, 5.41) is 17.6. The van der Waals surface area contributed by atoms with Crippen LogP contribution in [0.2, 0.25) is 0 Å². The van der Waals surface area contributed by atoms with E-state index in [0.29, 0.717) is 23.8 Å². The number of carbonyl (C=O) groups is 2. The van der Waals surface area contributed by atoms with Gasteiger partial charge in [0.1, 0.15) is 5.65 Å². The van der Waals surface area contributed by atoms with Gasteiger partial charge in [-0.3, -0.25) is 19.0 Å². The summed E-state index contributed by atoms with van der Waals surface area (Å²) in [5.41, 5.74) is 0.00342. The molecule has 2 aliphatic carbocycles. The minimum absolute atomic E-state index is 0.0520. The first-order valence-electron chi connectivity index (χ1n) is 10.4. The third-order valence-corrected chi connectivity index (χ3v) is 5.45. The van der Waals surface area contributed by atoms with Gasteiger partial charge >= 0.3 is 0 Å². The number of rotatable bonds is 7. The Morgan fingerprint density at radius 1 is 1.33 bits per heavy atom. The predicted octanol–water partition coefficient (Wildman–Crippen LogP) is 1.38. The zero-order chi connectivity index (χ0) is 21.6. The van der Waals surface area contributed by atoms with Gasteiger partial charge in [0.25, 0.3) is 11.5 Å².